The first-order chi connectivity index (χ1) is 10.1. The molecule has 0 atom stereocenters. The van der Waals surface area contributed by atoms with Gasteiger partial charge in [0.2, 0.25) is 0 Å². The van der Waals surface area contributed by atoms with Gasteiger partial charge in [-0.2, -0.15) is 13.5 Å². The molecule has 114 valence electrons. The maximum Gasteiger partial charge on any atom is 0.279 e. The van der Waals surface area contributed by atoms with Gasteiger partial charge in [-0.3, -0.25) is 9.82 Å². The molecule has 2 aromatic rings. The lowest BCUT2D eigenvalue weighted by Crippen LogP contribution is -2.15. The van der Waals surface area contributed by atoms with E-state index < -0.39 is 16.6 Å². The predicted molar refractivity (Wildman–Crippen MR) is 77.5 cm³/mol. The minimum atomic E-state index is -3.81. The molecule has 0 fully saturated rings. The van der Waals surface area contributed by atoms with Crippen molar-refractivity contribution in [2.24, 2.45) is 0 Å². The molecule has 0 aliphatic carbocycles. The first-order valence-corrected chi connectivity index (χ1v) is 7.94. The smallest absolute Gasteiger partial charge is 0.279 e. The number of rotatable bonds is 7. The third-order valence-electron chi connectivity index (χ3n) is 2.70. The standard InChI is InChI=1S/C13H17N3O4S/c1-2-7-20-12-5-3-11(4-6-12)16-21(18,19)13-10(9-17)8-14-15-13/h3-6,8,16-17H,2,7,9H2,1H3,(H,14,15). The molecule has 1 heterocycles. The second kappa shape index (κ2) is 6.59. The molecule has 0 unspecified atom stereocenters. The summed E-state index contributed by atoms with van der Waals surface area (Å²) in [6, 6.07) is 6.59. The normalized spacial score (nSPS) is 11.3. The molecular formula is C13H17N3O4S. The average Bonchev–Trinajstić information content (AvgIpc) is 2.95. The summed E-state index contributed by atoms with van der Waals surface area (Å²) in [4.78, 5) is 0. The van der Waals surface area contributed by atoms with E-state index in [-0.39, 0.29) is 10.6 Å². The van der Waals surface area contributed by atoms with Gasteiger partial charge in [0.05, 0.1) is 19.4 Å². The molecule has 0 bridgehead atoms. The van der Waals surface area contributed by atoms with Crippen molar-refractivity contribution in [1.82, 2.24) is 10.2 Å². The van der Waals surface area contributed by atoms with Gasteiger partial charge in [-0.05, 0) is 30.7 Å². The number of aromatic nitrogens is 2. The summed E-state index contributed by atoms with van der Waals surface area (Å²) in [7, 11) is -3.81. The summed E-state index contributed by atoms with van der Waals surface area (Å²) in [6.45, 7) is 2.21. The van der Waals surface area contributed by atoms with Gasteiger partial charge >= 0.3 is 0 Å². The Bertz CT molecular complexity index is 680. The van der Waals surface area contributed by atoms with Crippen LogP contribution in [0.25, 0.3) is 0 Å². The van der Waals surface area contributed by atoms with Crippen molar-refractivity contribution in [3.8, 4) is 5.75 Å². The van der Waals surface area contributed by atoms with Crippen LogP contribution in [0.4, 0.5) is 5.69 Å². The van der Waals surface area contributed by atoms with E-state index in [4.69, 9.17) is 9.84 Å². The van der Waals surface area contributed by atoms with Crippen LogP contribution in [0.2, 0.25) is 0 Å². The van der Waals surface area contributed by atoms with Gasteiger partial charge in [0.25, 0.3) is 10.0 Å². The number of sulfonamides is 1. The quantitative estimate of drug-likeness (QED) is 0.718. The highest BCUT2D eigenvalue weighted by Crippen LogP contribution is 2.20. The van der Waals surface area contributed by atoms with E-state index in [1.807, 2.05) is 6.92 Å². The minimum Gasteiger partial charge on any atom is -0.494 e. The van der Waals surface area contributed by atoms with E-state index in [2.05, 4.69) is 14.9 Å². The summed E-state index contributed by atoms with van der Waals surface area (Å²) < 4.78 is 32.2. The summed E-state index contributed by atoms with van der Waals surface area (Å²) in [6.07, 6.45) is 2.17. The molecule has 0 aliphatic heterocycles. The average molecular weight is 311 g/mol. The second-order valence-corrected chi connectivity index (χ2v) is 5.98. The van der Waals surface area contributed by atoms with E-state index in [1.165, 1.54) is 6.20 Å². The van der Waals surface area contributed by atoms with E-state index in [0.717, 1.165) is 6.42 Å². The molecule has 3 N–H and O–H groups in total. The molecule has 0 spiro atoms. The van der Waals surface area contributed by atoms with Crippen LogP contribution < -0.4 is 9.46 Å². The van der Waals surface area contributed by atoms with Crippen LogP contribution in [0.5, 0.6) is 5.75 Å². The Morgan fingerprint density at radius 1 is 1.33 bits per heavy atom. The lowest BCUT2D eigenvalue weighted by molar-refractivity contribution is 0.278. The van der Waals surface area contributed by atoms with Crippen molar-refractivity contribution >= 4 is 15.7 Å². The SMILES string of the molecule is CCCOc1ccc(NS(=O)(=O)c2[nH]ncc2CO)cc1. The van der Waals surface area contributed by atoms with Crippen LogP contribution in [-0.4, -0.2) is 30.3 Å². The number of hydrogen-bond donors (Lipinski definition) is 3. The van der Waals surface area contributed by atoms with E-state index in [1.54, 1.807) is 24.3 Å². The van der Waals surface area contributed by atoms with Crippen molar-refractivity contribution in [2.75, 3.05) is 11.3 Å². The lowest BCUT2D eigenvalue weighted by Gasteiger charge is -2.09. The Balaban J connectivity index is 2.13. The Morgan fingerprint density at radius 2 is 2.05 bits per heavy atom. The van der Waals surface area contributed by atoms with Gasteiger partial charge in [-0.25, -0.2) is 0 Å². The molecular weight excluding hydrogens is 294 g/mol. The van der Waals surface area contributed by atoms with Gasteiger partial charge in [-0.15, -0.1) is 0 Å². The van der Waals surface area contributed by atoms with Crippen molar-refractivity contribution in [3.05, 3.63) is 36.0 Å². The Morgan fingerprint density at radius 3 is 2.67 bits per heavy atom. The van der Waals surface area contributed by atoms with Crippen molar-refractivity contribution in [2.45, 2.75) is 25.0 Å². The fourth-order valence-corrected chi connectivity index (χ4v) is 2.87. The first kappa shape index (κ1) is 15.3. The summed E-state index contributed by atoms with van der Waals surface area (Å²) in [5, 5.41) is 14.9. The fourth-order valence-electron chi connectivity index (χ4n) is 1.69. The van der Waals surface area contributed by atoms with Crippen LogP contribution in [-0.2, 0) is 16.6 Å². The maximum atomic E-state index is 12.2. The molecule has 7 nitrogen and oxygen atoms in total. The van der Waals surface area contributed by atoms with Crippen LogP contribution >= 0.6 is 0 Å². The van der Waals surface area contributed by atoms with Crippen molar-refractivity contribution < 1.29 is 18.3 Å². The zero-order valence-corrected chi connectivity index (χ0v) is 12.4. The molecule has 0 saturated carbocycles. The minimum absolute atomic E-state index is 0.142. The third kappa shape index (κ3) is 3.73. The number of ether oxygens (including phenoxy) is 1. The highest BCUT2D eigenvalue weighted by atomic mass is 32.2. The van der Waals surface area contributed by atoms with Gasteiger partial charge in [-0.1, -0.05) is 6.92 Å². The number of benzene rings is 1. The summed E-state index contributed by atoms with van der Waals surface area (Å²) >= 11 is 0. The number of aliphatic hydroxyl groups excluding tert-OH is 1. The summed E-state index contributed by atoms with van der Waals surface area (Å²) in [5.74, 6) is 0.678. The van der Waals surface area contributed by atoms with Crippen LogP contribution in [0, 0.1) is 0 Å². The monoisotopic (exact) mass is 311 g/mol. The van der Waals surface area contributed by atoms with E-state index >= 15 is 0 Å². The number of nitrogens with one attached hydrogen (secondary N) is 2. The molecule has 0 amide bonds. The molecule has 0 radical (unpaired) electrons. The summed E-state index contributed by atoms with van der Waals surface area (Å²) in [5.41, 5.74) is 0.614. The van der Waals surface area contributed by atoms with Crippen LogP contribution in [0.3, 0.4) is 0 Å². The maximum absolute atomic E-state index is 12.2. The first-order valence-electron chi connectivity index (χ1n) is 6.45. The molecule has 8 heteroatoms. The second-order valence-electron chi connectivity index (χ2n) is 4.36. The van der Waals surface area contributed by atoms with Gasteiger partial charge in [0.1, 0.15) is 5.75 Å². The van der Waals surface area contributed by atoms with Gasteiger partial charge in [0, 0.05) is 11.3 Å². The number of nitrogens with zero attached hydrogens (tertiary/aromatic N) is 1. The number of anilines is 1. The van der Waals surface area contributed by atoms with E-state index in [0.29, 0.717) is 18.0 Å². The molecule has 1 aromatic heterocycles. The lowest BCUT2D eigenvalue weighted by atomic mass is 10.3. The zero-order valence-electron chi connectivity index (χ0n) is 11.5. The van der Waals surface area contributed by atoms with Gasteiger partial charge < -0.3 is 9.84 Å². The third-order valence-corrected chi connectivity index (χ3v) is 4.09. The zero-order chi connectivity index (χ0) is 15.3. The highest BCUT2D eigenvalue weighted by Gasteiger charge is 2.20. The number of aliphatic hydroxyl groups is 1. The van der Waals surface area contributed by atoms with Gasteiger partial charge in [0.15, 0.2) is 5.03 Å². The Kier molecular flexibility index (Phi) is 4.81. The molecule has 0 aliphatic rings. The number of hydrogen-bond acceptors (Lipinski definition) is 5. The molecule has 21 heavy (non-hydrogen) atoms. The molecule has 0 saturated heterocycles. The molecule has 1 aromatic carbocycles. The highest BCUT2D eigenvalue weighted by molar-refractivity contribution is 7.92. The van der Waals surface area contributed by atoms with Crippen molar-refractivity contribution in [1.29, 1.82) is 0 Å². The number of aromatic amines is 1. The topological polar surface area (TPSA) is 104 Å². The van der Waals surface area contributed by atoms with E-state index in [9.17, 15) is 8.42 Å². The largest absolute Gasteiger partial charge is 0.494 e. The van der Waals surface area contributed by atoms with Crippen molar-refractivity contribution in [3.63, 3.8) is 0 Å². The predicted octanol–water partition coefficient (Wildman–Crippen LogP) is 1.49. The molecule has 2 rings (SSSR count). The Hall–Kier alpha value is -2.06. The Labute approximate surface area is 123 Å². The fraction of sp³-hybridized carbons (Fsp3) is 0.308. The van der Waals surface area contributed by atoms with Crippen LogP contribution in [0.15, 0.2) is 35.5 Å². The van der Waals surface area contributed by atoms with Crippen LogP contribution in [0.1, 0.15) is 18.9 Å². The number of H-pyrrole nitrogens is 1.